The van der Waals surface area contributed by atoms with Gasteiger partial charge in [0.05, 0.1) is 11.8 Å². The highest BCUT2D eigenvalue weighted by molar-refractivity contribution is 6.06. The molecule has 1 aliphatic heterocycles. The molecule has 0 radical (unpaired) electrons. The van der Waals surface area contributed by atoms with Gasteiger partial charge in [0.15, 0.2) is 0 Å². The van der Waals surface area contributed by atoms with Crippen LogP contribution in [0.4, 0.5) is 4.79 Å². The number of rotatable bonds is 4. The maximum absolute atomic E-state index is 12.8. The first-order valence-electron chi connectivity index (χ1n) is 9.20. The molecular formula is C20H23N3O3. The van der Waals surface area contributed by atoms with Gasteiger partial charge < -0.3 is 10.6 Å². The van der Waals surface area contributed by atoms with E-state index in [0.29, 0.717) is 6.54 Å². The van der Waals surface area contributed by atoms with Gasteiger partial charge in [-0.15, -0.1) is 0 Å². The molecule has 1 saturated heterocycles. The minimum Gasteiger partial charge on any atom is -0.334 e. The Morgan fingerprint density at radius 3 is 2.19 bits per heavy atom. The van der Waals surface area contributed by atoms with E-state index in [2.05, 4.69) is 22.8 Å². The van der Waals surface area contributed by atoms with E-state index in [1.807, 2.05) is 30.3 Å². The second-order valence-electron chi connectivity index (χ2n) is 7.38. The fourth-order valence-corrected chi connectivity index (χ4v) is 4.56. The van der Waals surface area contributed by atoms with Crippen LogP contribution in [0.5, 0.6) is 0 Å². The van der Waals surface area contributed by atoms with Gasteiger partial charge in [-0.2, -0.15) is 0 Å². The summed E-state index contributed by atoms with van der Waals surface area (Å²) in [7, 11) is 0. The lowest BCUT2D eigenvalue weighted by atomic mass is 9.63. The van der Waals surface area contributed by atoms with Gasteiger partial charge in [0.2, 0.25) is 11.8 Å². The molecule has 4 aliphatic rings. The highest BCUT2D eigenvalue weighted by atomic mass is 16.2. The number of nitrogens with zero attached hydrogens (tertiary/aromatic N) is 1. The number of benzene rings is 1. The van der Waals surface area contributed by atoms with Crippen molar-refractivity contribution < 1.29 is 14.4 Å². The third kappa shape index (κ3) is 2.79. The molecule has 6 nitrogen and oxygen atoms in total. The Hall–Kier alpha value is -2.63. The Labute approximate surface area is 152 Å². The Bertz CT molecular complexity index is 729. The van der Waals surface area contributed by atoms with E-state index >= 15 is 0 Å². The molecule has 4 amide bonds. The zero-order chi connectivity index (χ0) is 18.3. The fraction of sp³-hybridized carbons (Fsp3) is 0.450. The van der Waals surface area contributed by atoms with Crippen molar-refractivity contribution in [1.29, 1.82) is 0 Å². The minimum absolute atomic E-state index is 0.144. The molecule has 5 atom stereocenters. The van der Waals surface area contributed by atoms with Gasteiger partial charge >= 0.3 is 6.03 Å². The predicted molar refractivity (Wildman–Crippen MR) is 95.5 cm³/mol. The molecule has 5 rings (SSSR count). The number of hydrogen-bond acceptors (Lipinski definition) is 3. The van der Waals surface area contributed by atoms with Crippen molar-refractivity contribution >= 4 is 17.8 Å². The first kappa shape index (κ1) is 16.8. The van der Waals surface area contributed by atoms with E-state index in [1.54, 1.807) is 6.92 Å². The lowest BCUT2D eigenvalue weighted by Gasteiger charge is -2.38. The molecule has 5 unspecified atom stereocenters. The molecule has 2 fully saturated rings. The average Bonchev–Trinajstić information content (AvgIpc) is 2.95. The van der Waals surface area contributed by atoms with Crippen molar-refractivity contribution in [2.75, 3.05) is 0 Å². The van der Waals surface area contributed by atoms with Crippen molar-refractivity contribution in [3.63, 3.8) is 0 Å². The van der Waals surface area contributed by atoms with E-state index < -0.39 is 12.2 Å². The van der Waals surface area contributed by atoms with Crippen LogP contribution in [0.1, 0.15) is 25.3 Å². The normalized spacial score (nSPS) is 30.3. The molecule has 1 saturated carbocycles. The van der Waals surface area contributed by atoms with Crippen LogP contribution < -0.4 is 10.6 Å². The monoisotopic (exact) mass is 353 g/mol. The molecule has 0 spiro atoms. The maximum Gasteiger partial charge on any atom is 0.316 e. The number of likely N-dealkylation sites (tertiary alicyclic amines) is 1. The number of imide groups is 1. The zero-order valence-electron chi connectivity index (χ0n) is 14.7. The number of carbonyl (C=O) groups is 3. The van der Waals surface area contributed by atoms with Crippen LogP contribution in [0.2, 0.25) is 0 Å². The molecule has 2 N–H and O–H groups in total. The summed E-state index contributed by atoms with van der Waals surface area (Å²) in [5.41, 5.74) is 0.984. The first-order chi connectivity index (χ1) is 12.6. The molecule has 3 aliphatic carbocycles. The van der Waals surface area contributed by atoms with Crippen LogP contribution in [-0.2, 0) is 16.1 Å². The SMILES string of the molecule is CC(NC(=O)NCc1ccccc1)N1C(=O)C2C3C=CC(CC3)C2C1=O. The predicted octanol–water partition coefficient (Wildman–Crippen LogP) is 2.03. The van der Waals surface area contributed by atoms with E-state index in [9.17, 15) is 14.4 Å². The fourth-order valence-electron chi connectivity index (χ4n) is 4.56. The first-order valence-corrected chi connectivity index (χ1v) is 9.20. The number of allylic oxidation sites excluding steroid dienone is 2. The minimum atomic E-state index is -0.657. The van der Waals surface area contributed by atoms with Crippen molar-refractivity contribution in [2.45, 2.75) is 32.5 Å². The van der Waals surface area contributed by atoms with Crippen LogP contribution >= 0.6 is 0 Å². The summed E-state index contributed by atoms with van der Waals surface area (Å²) in [6.45, 7) is 2.07. The smallest absolute Gasteiger partial charge is 0.316 e. The van der Waals surface area contributed by atoms with Crippen molar-refractivity contribution in [3.05, 3.63) is 48.0 Å². The number of urea groups is 1. The number of nitrogens with one attached hydrogen (secondary N) is 2. The van der Waals surface area contributed by atoms with Gasteiger partial charge in [0.1, 0.15) is 6.17 Å². The second-order valence-corrected chi connectivity index (χ2v) is 7.38. The lowest BCUT2D eigenvalue weighted by Crippen LogP contribution is -2.52. The third-order valence-corrected chi connectivity index (χ3v) is 5.82. The van der Waals surface area contributed by atoms with Crippen molar-refractivity contribution in [1.82, 2.24) is 15.5 Å². The summed E-state index contributed by atoms with van der Waals surface area (Å²) in [5, 5.41) is 5.49. The van der Waals surface area contributed by atoms with Gasteiger partial charge in [-0.25, -0.2) is 4.79 Å². The van der Waals surface area contributed by atoms with Gasteiger partial charge in [-0.05, 0) is 37.2 Å². The van der Waals surface area contributed by atoms with Crippen LogP contribution in [-0.4, -0.2) is 28.9 Å². The Kier molecular flexibility index (Phi) is 4.26. The quantitative estimate of drug-likeness (QED) is 0.642. The molecule has 2 bridgehead atoms. The topological polar surface area (TPSA) is 78.5 Å². The summed E-state index contributed by atoms with van der Waals surface area (Å²) in [4.78, 5) is 39.1. The van der Waals surface area contributed by atoms with Crippen LogP contribution in [0.25, 0.3) is 0 Å². The lowest BCUT2D eigenvalue weighted by molar-refractivity contribution is -0.142. The molecule has 0 aromatic heterocycles. The number of carbonyl (C=O) groups excluding carboxylic acids is 3. The number of hydrogen-bond donors (Lipinski definition) is 2. The summed E-state index contributed by atoms with van der Waals surface area (Å²) in [5.74, 6) is -0.466. The Balaban J connectivity index is 1.39. The molecule has 6 heteroatoms. The Morgan fingerprint density at radius 1 is 1.08 bits per heavy atom. The van der Waals surface area contributed by atoms with Gasteiger partial charge in [-0.3, -0.25) is 14.5 Å². The number of amides is 4. The van der Waals surface area contributed by atoms with E-state index in [4.69, 9.17) is 0 Å². The molecule has 1 aromatic rings. The zero-order valence-corrected chi connectivity index (χ0v) is 14.7. The standard InChI is InChI=1S/C20H23N3O3/c1-12(22-20(26)21-11-13-5-3-2-4-6-13)23-18(24)16-14-7-8-15(10-9-14)17(16)19(23)25/h2-8,12,14-17H,9-11H2,1H3,(H2,21,22,26). The third-order valence-electron chi connectivity index (χ3n) is 5.82. The van der Waals surface area contributed by atoms with Gasteiger partial charge in [-0.1, -0.05) is 42.5 Å². The molecule has 136 valence electrons. The van der Waals surface area contributed by atoms with Crippen LogP contribution in [0.3, 0.4) is 0 Å². The van der Waals surface area contributed by atoms with Gasteiger partial charge in [0.25, 0.3) is 0 Å². The Morgan fingerprint density at radius 2 is 1.65 bits per heavy atom. The molecular weight excluding hydrogens is 330 g/mol. The van der Waals surface area contributed by atoms with E-state index in [-0.39, 0.29) is 35.5 Å². The highest BCUT2D eigenvalue weighted by Gasteiger charge is 2.57. The molecule has 1 aromatic carbocycles. The summed E-state index contributed by atoms with van der Waals surface area (Å²) >= 11 is 0. The molecule has 26 heavy (non-hydrogen) atoms. The van der Waals surface area contributed by atoms with Crippen molar-refractivity contribution in [3.8, 4) is 0 Å². The summed E-state index contributed by atoms with van der Waals surface area (Å²) < 4.78 is 0. The van der Waals surface area contributed by atoms with Gasteiger partial charge in [0, 0.05) is 6.54 Å². The average molecular weight is 353 g/mol. The van der Waals surface area contributed by atoms with E-state index in [0.717, 1.165) is 18.4 Å². The van der Waals surface area contributed by atoms with Crippen LogP contribution in [0.15, 0.2) is 42.5 Å². The number of fused-ring (bicyclic) bond motifs is 1. The molecule has 1 heterocycles. The van der Waals surface area contributed by atoms with Crippen LogP contribution in [0, 0.1) is 23.7 Å². The maximum atomic E-state index is 12.8. The summed E-state index contributed by atoms with van der Waals surface area (Å²) in [6.07, 6.45) is 5.46. The van der Waals surface area contributed by atoms with E-state index in [1.165, 1.54) is 4.90 Å². The highest BCUT2D eigenvalue weighted by Crippen LogP contribution is 2.49. The summed E-state index contributed by atoms with van der Waals surface area (Å²) in [6, 6.07) is 9.18. The second kappa shape index (κ2) is 6.59. The van der Waals surface area contributed by atoms with Crippen molar-refractivity contribution in [2.24, 2.45) is 23.7 Å². The largest absolute Gasteiger partial charge is 0.334 e.